The molecule has 1 amide bonds. The van der Waals surface area contributed by atoms with E-state index < -0.39 is 5.97 Å². The van der Waals surface area contributed by atoms with Gasteiger partial charge in [0.05, 0.1) is 11.8 Å². The van der Waals surface area contributed by atoms with Gasteiger partial charge in [-0.2, -0.15) is 0 Å². The number of carbonyl (C=O) groups is 3. The smallest absolute Gasteiger partial charge is 0.313 e. The zero-order valence-electron chi connectivity index (χ0n) is 14.8. The van der Waals surface area contributed by atoms with Gasteiger partial charge in [-0.1, -0.05) is 37.3 Å². The van der Waals surface area contributed by atoms with Crippen molar-refractivity contribution in [3.63, 3.8) is 0 Å². The Morgan fingerprint density at radius 1 is 1.15 bits per heavy atom. The van der Waals surface area contributed by atoms with E-state index >= 15 is 0 Å². The van der Waals surface area contributed by atoms with E-state index in [9.17, 15) is 14.4 Å². The predicted molar refractivity (Wildman–Crippen MR) is 98.3 cm³/mol. The molecule has 5 nitrogen and oxygen atoms in total. The Balaban J connectivity index is 1.66. The molecular weight excluding hydrogens is 330 g/mol. The van der Waals surface area contributed by atoms with E-state index in [-0.39, 0.29) is 30.1 Å². The third-order valence-corrected chi connectivity index (χ3v) is 4.73. The summed E-state index contributed by atoms with van der Waals surface area (Å²) >= 11 is 0. The lowest BCUT2D eigenvalue weighted by molar-refractivity contribution is -0.144. The molecule has 1 aliphatic rings. The van der Waals surface area contributed by atoms with Crippen molar-refractivity contribution in [1.29, 1.82) is 0 Å². The largest absolute Gasteiger partial charge is 0.457 e. The van der Waals surface area contributed by atoms with E-state index in [1.54, 1.807) is 25.1 Å². The monoisotopic (exact) mass is 351 g/mol. The van der Waals surface area contributed by atoms with E-state index in [0.717, 1.165) is 16.8 Å². The van der Waals surface area contributed by atoms with Crippen LogP contribution in [0.4, 0.5) is 5.69 Å². The second-order valence-corrected chi connectivity index (χ2v) is 6.42. The average Bonchev–Trinajstić information content (AvgIpc) is 2.95. The summed E-state index contributed by atoms with van der Waals surface area (Å²) in [4.78, 5) is 36.5. The van der Waals surface area contributed by atoms with Crippen LogP contribution in [0.1, 0.15) is 53.6 Å². The average molecular weight is 351 g/mol. The topological polar surface area (TPSA) is 72.5 Å². The van der Waals surface area contributed by atoms with Gasteiger partial charge in [0.2, 0.25) is 5.91 Å². The third kappa shape index (κ3) is 3.52. The second-order valence-electron chi connectivity index (χ2n) is 6.42. The number of amides is 1. The van der Waals surface area contributed by atoms with Crippen molar-refractivity contribution in [2.45, 2.75) is 32.1 Å². The molecule has 2 aromatic rings. The van der Waals surface area contributed by atoms with Crippen LogP contribution < -0.4 is 5.32 Å². The summed E-state index contributed by atoms with van der Waals surface area (Å²) in [5.41, 5.74) is 2.84. The number of hydrogen-bond acceptors (Lipinski definition) is 4. The van der Waals surface area contributed by atoms with Crippen LogP contribution >= 0.6 is 0 Å². The summed E-state index contributed by atoms with van der Waals surface area (Å²) in [5.74, 6) is -1.44. The highest BCUT2D eigenvalue weighted by Crippen LogP contribution is 2.32. The molecule has 0 aliphatic carbocycles. The number of esters is 1. The highest BCUT2D eigenvalue weighted by atomic mass is 16.5. The zero-order chi connectivity index (χ0) is 18.7. The Labute approximate surface area is 152 Å². The lowest BCUT2D eigenvalue weighted by atomic mass is 9.97. The number of rotatable bonds is 6. The molecule has 1 heterocycles. The van der Waals surface area contributed by atoms with Crippen LogP contribution in [-0.4, -0.2) is 24.3 Å². The number of benzene rings is 2. The molecule has 1 aliphatic heterocycles. The first-order valence-electron chi connectivity index (χ1n) is 8.70. The second kappa shape index (κ2) is 7.52. The molecule has 2 atom stereocenters. The normalized spacial score (nSPS) is 16.5. The molecule has 1 N–H and O–H groups in total. The van der Waals surface area contributed by atoms with E-state index in [2.05, 4.69) is 5.32 Å². The van der Waals surface area contributed by atoms with Crippen LogP contribution in [0.25, 0.3) is 0 Å². The summed E-state index contributed by atoms with van der Waals surface area (Å²) in [7, 11) is 0. The fourth-order valence-corrected chi connectivity index (χ4v) is 3.13. The van der Waals surface area contributed by atoms with E-state index in [1.165, 1.54) is 0 Å². The molecule has 0 radical (unpaired) electrons. The highest BCUT2D eigenvalue weighted by molar-refractivity contribution is 6.05. The number of anilines is 1. The minimum atomic E-state index is -0.404. The summed E-state index contributed by atoms with van der Waals surface area (Å²) < 4.78 is 5.26. The number of fused-ring (bicyclic) bond motifs is 1. The Hall–Kier alpha value is -2.95. The maximum absolute atomic E-state index is 12.4. The Morgan fingerprint density at radius 3 is 2.58 bits per heavy atom. The van der Waals surface area contributed by atoms with Gasteiger partial charge in [0.1, 0.15) is 0 Å². The minimum Gasteiger partial charge on any atom is -0.457 e. The number of carbonyl (C=O) groups excluding carboxylic acids is 3. The number of nitrogens with one attached hydrogen (secondary N) is 1. The molecule has 0 saturated heterocycles. The number of hydrogen-bond donors (Lipinski definition) is 1. The van der Waals surface area contributed by atoms with Gasteiger partial charge < -0.3 is 10.1 Å². The quantitative estimate of drug-likeness (QED) is 0.637. The van der Waals surface area contributed by atoms with Crippen molar-refractivity contribution in [3.05, 3.63) is 65.2 Å². The van der Waals surface area contributed by atoms with Crippen LogP contribution in [0.2, 0.25) is 0 Å². The van der Waals surface area contributed by atoms with E-state index in [1.807, 2.05) is 37.3 Å². The molecule has 0 aromatic heterocycles. The molecule has 0 spiro atoms. The van der Waals surface area contributed by atoms with Gasteiger partial charge in [0.25, 0.3) is 0 Å². The first-order valence-corrected chi connectivity index (χ1v) is 8.70. The van der Waals surface area contributed by atoms with Crippen LogP contribution in [0.3, 0.4) is 0 Å². The van der Waals surface area contributed by atoms with Crippen molar-refractivity contribution in [1.82, 2.24) is 0 Å². The molecule has 0 saturated carbocycles. The summed E-state index contributed by atoms with van der Waals surface area (Å²) in [6.45, 7) is 3.39. The molecule has 0 bridgehead atoms. The number of ether oxygens (including phenoxy) is 1. The fourth-order valence-electron chi connectivity index (χ4n) is 3.13. The Morgan fingerprint density at radius 2 is 1.88 bits per heavy atom. The van der Waals surface area contributed by atoms with Crippen LogP contribution in [0, 0.1) is 0 Å². The summed E-state index contributed by atoms with van der Waals surface area (Å²) in [6.07, 6.45) is 0.598. The van der Waals surface area contributed by atoms with Gasteiger partial charge in [0.15, 0.2) is 12.4 Å². The minimum absolute atomic E-state index is 0.0790. The van der Waals surface area contributed by atoms with Gasteiger partial charge in [0, 0.05) is 11.3 Å². The van der Waals surface area contributed by atoms with Crippen molar-refractivity contribution >= 4 is 23.3 Å². The van der Waals surface area contributed by atoms with Gasteiger partial charge in [-0.15, -0.1) is 0 Å². The maximum atomic E-state index is 12.4. The van der Waals surface area contributed by atoms with Gasteiger partial charge in [-0.05, 0) is 42.7 Å². The van der Waals surface area contributed by atoms with Gasteiger partial charge in [-0.25, -0.2) is 0 Å². The number of Topliss-reactive ketones (excluding diaryl/α,β-unsaturated/α-hetero) is 1. The fraction of sp³-hybridized carbons (Fsp3) is 0.286. The van der Waals surface area contributed by atoms with Crippen molar-refractivity contribution < 1.29 is 19.1 Å². The van der Waals surface area contributed by atoms with Gasteiger partial charge in [-0.3, -0.25) is 14.4 Å². The molecule has 0 unspecified atom stereocenters. The van der Waals surface area contributed by atoms with E-state index in [4.69, 9.17) is 4.74 Å². The van der Waals surface area contributed by atoms with Crippen molar-refractivity contribution in [2.24, 2.45) is 0 Å². The SMILES string of the molecule is CC[C@@H](C(=O)OCC(=O)c1ccc2c(c1)[C@@H](C)C(=O)N2)c1ccccc1. The highest BCUT2D eigenvalue weighted by Gasteiger charge is 2.27. The maximum Gasteiger partial charge on any atom is 0.313 e. The molecule has 3 rings (SSSR count). The molecule has 2 aromatic carbocycles. The number of ketones is 1. The first kappa shape index (κ1) is 17.9. The van der Waals surface area contributed by atoms with Crippen molar-refractivity contribution in [3.8, 4) is 0 Å². The van der Waals surface area contributed by atoms with Crippen LogP contribution in [-0.2, 0) is 14.3 Å². The van der Waals surface area contributed by atoms with Gasteiger partial charge >= 0.3 is 5.97 Å². The molecule has 0 fully saturated rings. The Kier molecular flexibility index (Phi) is 5.16. The van der Waals surface area contributed by atoms with E-state index in [0.29, 0.717) is 12.0 Å². The molecule has 5 heteroatoms. The third-order valence-electron chi connectivity index (χ3n) is 4.73. The lowest BCUT2D eigenvalue weighted by Crippen LogP contribution is -2.20. The Bertz CT molecular complexity index is 844. The van der Waals surface area contributed by atoms with Crippen LogP contribution in [0.15, 0.2) is 48.5 Å². The lowest BCUT2D eigenvalue weighted by Gasteiger charge is -2.14. The summed E-state index contributed by atoms with van der Waals surface area (Å²) in [6, 6.07) is 14.4. The predicted octanol–water partition coefficient (Wildman–Crippen LogP) is 3.66. The first-order chi connectivity index (χ1) is 12.5. The molecule has 134 valence electrons. The standard InChI is InChI=1S/C21H21NO4/c1-3-16(14-7-5-4-6-8-14)21(25)26-12-19(23)15-9-10-18-17(11-15)13(2)20(24)22-18/h4-11,13,16H,3,12H2,1-2H3,(H,22,24)/t13-,16-/m1/s1. The zero-order valence-corrected chi connectivity index (χ0v) is 14.8. The van der Waals surface area contributed by atoms with Crippen LogP contribution in [0.5, 0.6) is 0 Å². The molecular formula is C21H21NO4. The van der Waals surface area contributed by atoms with Crippen molar-refractivity contribution in [2.75, 3.05) is 11.9 Å². The summed E-state index contributed by atoms with van der Waals surface area (Å²) in [5, 5.41) is 2.77. The molecule has 26 heavy (non-hydrogen) atoms.